The van der Waals surface area contributed by atoms with E-state index in [-0.39, 0.29) is 0 Å². The molecule has 69 valence electrons. The second-order valence-corrected chi connectivity index (χ2v) is 2.80. The monoisotopic (exact) mass is 190 g/mol. The first kappa shape index (κ1) is 8.81. The summed E-state index contributed by atoms with van der Waals surface area (Å²) in [6, 6.07) is 6.67. The molecule has 2 rings (SSSR count). The van der Waals surface area contributed by atoms with Gasteiger partial charge in [0, 0.05) is 17.8 Å². The van der Waals surface area contributed by atoms with Crippen LogP contribution in [-0.2, 0) is 0 Å². The summed E-state index contributed by atoms with van der Waals surface area (Å²) in [5, 5.41) is 0. The molecular weight excluding hydrogens is 184 g/mol. The number of halogens is 2. The third kappa shape index (κ3) is 1.62. The number of rotatable bonds is 1. The summed E-state index contributed by atoms with van der Waals surface area (Å²) in [5.74, 6) is -1.16. The Morgan fingerprint density at radius 1 is 1.14 bits per heavy atom. The molecule has 2 aromatic rings. The van der Waals surface area contributed by atoms with E-state index in [1.54, 1.807) is 12.1 Å². The van der Waals surface area contributed by atoms with Crippen molar-refractivity contribution in [1.82, 2.24) is 4.98 Å². The number of hydrogen-bond acceptors (Lipinski definition) is 1. The fourth-order valence-corrected chi connectivity index (χ4v) is 1.21. The van der Waals surface area contributed by atoms with E-state index in [4.69, 9.17) is 0 Å². The SMILES string of the molecule is Fc1ccc(-c2c[c]ncc2)c(F)c1. The molecule has 0 spiro atoms. The number of benzene rings is 1. The van der Waals surface area contributed by atoms with Gasteiger partial charge in [-0.3, -0.25) is 4.98 Å². The Labute approximate surface area is 80.0 Å². The zero-order valence-corrected chi connectivity index (χ0v) is 7.17. The highest BCUT2D eigenvalue weighted by Crippen LogP contribution is 2.22. The van der Waals surface area contributed by atoms with Crippen molar-refractivity contribution in [3.8, 4) is 11.1 Å². The van der Waals surface area contributed by atoms with Gasteiger partial charge in [0.05, 0.1) is 6.20 Å². The molecule has 0 atom stereocenters. The van der Waals surface area contributed by atoms with Gasteiger partial charge in [0.25, 0.3) is 0 Å². The van der Waals surface area contributed by atoms with Crippen molar-refractivity contribution in [3.05, 3.63) is 54.4 Å². The maximum Gasteiger partial charge on any atom is 0.133 e. The largest absolute Gasteiger partial charge is 0.255 e. The van der Waals surface area contributed by atoms with Crippen LogP contribution in [0.25, 0.3) is 11.1 Å². The van der Waals surface area contributed by atoms with Crippen molar-refractivity contribution in [1.29, 1.82) is 0 Å². The Bertz CT molecular complexity index is 440. The minimum Gasteiger partial charge on any atom is -0.255 e. The Kier molecular flexibility index (Phi) is 2.23. The molecule has 1 aromatic heterocycles. The molecule has 0 aliphatic carbocycles. The Morgan fingerprint density at radius 2 is 2.00 bits per heavy atom. The van der Waals surface area contributed by atoms with Crippen molar-refractivity contribution in [3.63, 3.8) is 0 Å². The first-order chi connectivity index (χ1) is 6.77. The van der Waals surface area contributed by atoms with Crippen LogP contribution in [0.1, 0.15) is 0 Å². The van der Waals surface area contributed by atoms with E-state index in [1.165, 1.54) is 18.3 Å². The van der Waals surface area contributed by atoms with Crippen molar-refractivity contribution in [2.75, 3.05) is 0 Å². The van der Waals surface area contributed by atoms with Crippen LogP contribution in [0.2, 0.25) is 0 Å². The average molecular weight is 190 g/mol. The minimum atomic E-state index is -0.579. The van der Waals surface area contributed by atoms with Crippen molar-refractivity contribution < 1.29 is 8.78 Å². The van der Waals surface area contributed by atoms with Crippen molar-refractivity contribution in [2.24, 2.45) is 0 Å². The lowest BCUT2D eigenvalue weighted by atomic mass is 10.1. The quantitative estimate of drug-likeness (QED) is 0.673. The van der Waals surface area contributed by atoms with Crippen molar-refractivity contribution >= 4 is 0 Å². The predicted molar refractivity (Wildman–Crippen MR) is 48.4 cm³/mol. The molecule has 0 fully saturated rings. The molecule has 3 heteroatoms. The summed E-state index contributed by atoms with van der Waals surface area (Å²) in [7, 11) is 0. The molecule has 0 saturated heterocycles. The van der Waals surface area contributed by atoms with Gasteiger partial charge in [-0.2, -0.15) is 0 Å². The topological polar surface area (TPSA) is 12.9 Å². The van der Waals surface area contributed by atoms with Crippen LogP contribution in [0.4, 0.5) is 8.78 Å². The zero-order chi connectivity index (χ0) is 9.97. The van der Waals surface area contributed by atoms with E-state index in [1.807, 2.05) is 0 Å². The van der Waals surface area contributed by atoms with Crippen LogP contribution in [-0.4, -0.2) is 4.98 Å². The number of nitrogens with zero attached hydrogens (tertiary/aromatic N) is 1. The zero-order valence-electron chi connectivity index (χ0n) is 7.17. The molecule has 0 amide bonds. The van der Waals surface area contributed by atoms with Crippen LogP contribution < -0.4 is 0 Å². The summed E-state index contributed by atoms with van der Waals surface area (Å²) in [4.78, 5) is 3.70. The maximum absolute atomic E-state index is 13.3. The lowest BCUT2D eigenvalue weighted by Gasteiger charge is -2.01. The van der Waals surface area contributed by atoms with E-state index < -0.39 is 11.6 Å². The van der Waals surface area contributed by atoms with Gasteiger partial charge in [0.15, 0.2) is 0 Å². The van der Waals surface area contributed by atoms with Crippen LogP contribution >= 0.6 is 0 Å². The van der Waals surface area contributed by atoms with E-state index in [0.717, 1.165) is 6.07 Å². The van der Waals surface area contributed by atoms with Gasteiger partial charge in [0.2, 0.25) is 0 Å². The molecule has 0 N–H and O–H groups in total. The summed E-state index contributed by atoms with van der Waals surface area (Å²) in [6.07, 6.45) is 4.10. The highest BCUT2D eigenvalue weighted by atomic mass is 19.1. The van der Waals surface area contributed by atoms with Gasteiger partial charge in [-0.05, 0) is 29.8 Å². The molecule has 1 nitrogen and oxygen atoms in total. The normalized spacial score (nSPS) is 10.1. The number of hydrogen-bond donors (Lipinski definition) is 0. The molecule has 1 heterocycles. The fraction of sp³-hybridized carbons (Fsp3) is 0. The highest BCUT2D eigenvalue weighted by Gasteiger charge is 2.05. The third-order valence-electron chi connectivity index (χ3n) is 1.87. The first-order valence-electron chi connectivity index (χ1n) is 4.05. The molecular formula is C11H6F2N. The lowest BCUT2D eigenvalue weighted by molar-refractivity contribution is 0.585. The van der Waals surface area contributed by atoms with Gasteiger partial charge in [0.1, 0.15) is 11.6 Å². The summed E-state index contributed by atoms with van der Waals surface area (Å²) in [6.45, 7) is 0. The molecule has 0 unspecified atom stereocenters. The standard InChI is InChI=1S/C11H6F2N/c12-9-1-2-10(11(13)7-9)8-3-5-14-6-4-8/h1-5,7H. The molecule has 0 aliphatic heterocycles. The number of pyridine rings is 1. The van der Waals surface area contributed by atoms with E-state index >= 15 is 0 Å². The second kappa shape index (κ2) is 3.54. The summed E-state index contributed by atoms with van der Waals surface area (Å²) in [5.41, 5.74) is 0.988. The van der Waals surface area contributed by atoms with Gasteiger partial charge in [-0.25, -0.2) is 8.78 Å². The summed E-state index contributed by atoms with van der Waals surface area (Å²) >= 11 is 0. The Morgan fingerprint density at radius 3 is 2.64 bits per heavy atom. The van der Waals surface area contributed by atoms with Crippen LogP contribution in [0.15, 0.2) is 36.5 Å². The van der Waals surface area contributed by atoms with E-state index in [2.05, 4.69) is 11.2 Å². The first-order valence-corrected chi connectivity index (χ1v) is 4.05. The molecule has 0 saturated carbocycles. The third-order valence-corrected chi connectivity index (χ3v) is 1.87. The molecule has 1 aromatic carbocycles. The maximum atomic E-state index is 13.3. The molecule has 0 bridgehead atoms. The average Bonchev–Trinajstić information content (AvgIpc) is 2.19. The highest BCUT2D eigenvalue weighted by molar-refractivity contribution is 5.63. The van der Waals surface area contributed by atoms with Crippen LogP contribution in [0, 0.1) is 17.8 Å². The van der Waals surface area contributed by atoms with Crippen molar-refractivity contribution in [2.45, 2.75) is 0 Å². The van der Waals surface area contributed by atoms with Gasteiger partial charge >= 0.3 is 0 Å². The van der Waals surface area contributed by atoms with E-state index in [9.17, 15) is 8.78 Å². The van der Waals surface area contributed by atoms with Crippen LogP contribution in [0.3, 0.4) is 0 Å². The van der Waals surface area contributed by atoms with Gasteiger partial charge in [-0.15, -0.1) is 0 Å². The summed E-state index contributed by atoms with van der Waals surface area (Å²) < 4.78 is 25.9. The fourth-order valence-electron chi connectivity index (χ4n) is 1.21. The Hall–Kier alpha value is -1.77. The smallest absolute Gasteiger partial charge is 0.133 e. The van der Waals surface area contributed by atoms with Crippen LogP contribution in [0.5, 0.6) is 0 Å². The number of aromatic nitrogens is 1. The molecule has 0 aliphatic rings. The van der Waals surface area contributed by atoms with Gasteiger partial charge < -0.3 is 0 Å². The van der Waals surface area contributed by atoms with E-state index in [0.29, 0.717) is 11.1 Å². The lowest BCUT2D eigenvalue weighted by Crippen LogP contribution is -1.86. The predicted octanol–water partition coefficient (Wildman–Crippen LogP) is 2.83. The molecule has 14 heavy (non-hydrogen) atoms. The van der Waals surface area contributed by atoms with Gasteiger partial charge in [-0.1, -0.05) is 0 Å². The molecule has 1 radical (unpaired) electrons. The second-order valence-electron chi connectivity index (χ2n) is 2.80. The minimum absolute atomic E-state index is 0.352. The Balaban J connectivity index is 2.53.